The fraction of sp³-hybridized carbons (Fsp3) is 0.0769. The van der Waals surface area contributed by atoms with Crippen molar-refractivity contribution in [2.24, 2.45) is 0 Å². The van der Waals surface area contributed by atoms with E-state index in [0.29, 0.717) is 0 Å². The molecule has 0 radical (unpaired) electrons. The molecule has 7 nitrogen and oxygen atoms in total. The molecule has 21 heavy (non-hydrogen) atoms. The predicted molar refractivity (Wildman–Crippen MR) is 70.5 cm³/mol. The molecule has 108 valence electrons. The van der Waals surface area contributed by atoms with Gasteiger partial charge in [0, 0.05) is 12.1 Å². The maximum Gasteiger partial charge on any atom is 0.276 e. The second kappa shape index (κ2) is 5.95. The lowest BCUT2D eigenvalue weighted by Gasteiger charge is -2.07. The van der Waals surface area contributed by atoms with E-state index < -0.39 is 21.4 Å². The number of rotatable bonds is 5. The normalized spacial score (nSPS) is 10.1. The first-order valence-corrected chi connectivity index (χ1v) is 5.78. The van der Waals surface area contributed by atoms with Crippen molar-refractivity contribution in [1.82, 2.24) is 0 Å². The number of nitrogens with zero attached hydrogens (tertiary/aromatic N) is 2. The van der Waals surface area contributed by atoms with Crippen LogP contribution < -0.4 is 4.74 Å². The zero-order chi connectivity index (χ0) is 15.4. The lowest BCUT2D eigenvalue weighted by atomic mass is 10.2. The predicted octanol–water partition coefficient (Wildman–Crippen LogP) is 3.22. The molecule has 2 rings (SSSR count). The molecule has 0 spiro atoms. The molecule has 0 saturated carbocycles. The number of hydrogen-bond donors (Lipinski definition) is 0. The molecular weight excluding hydrogens is 283 g/mol. The minimum atomic E-state index is -0.900. The molecule has 0 heterocycles. The minimum Gasteiger partial charge on any atom is -0.486 e. The second-order valence-corrected chi connectivity index (χ2v) is 4.05. The number of halogens is 1. The van der Waals surface area contributed by atoms with Crippen molar-refractivity contribution >= 4 is 11.4 Å². The molecule has 0 aliphatic carbocycles. The summed E-state index contributed by atoms with van der Waals surface area (Å²) in [4.78, 5) is 20.0. The van der Waals surface area contributed by atoms with Gasteiger partial charge in [0.05, 0.1) is 21.5 Å². The number of para-hydroxylation sites is 1. The van der Waals surface area contributed by atoms with Gasteiger partial charge in [-0.25, -0.2) is 4.39 Å². The lowest BCUT2D eigenvalue weighted by Crippen LogP contribution is -2.01. The highest BCUT2D eigenvalue weighted by atomic mass is 19.1. The van der Waals surface area contributed by atoms with Crippen molar-refractivity contribution in [2.75, 3.05) is 0 Å². The molecule has 0 aliphatic heterocycles. The van der Waals surface area contributed by atoms with E-state index in [1.165, 1.54) is 18.2 Å². The van der Waals surface area contributed by atoms with Gasteiger partial charge in [0.15, 0.2) is 11.6 Å². The maximum absolute atomic E-state index is 13.6. The van der Waals surface area contributed by atoms with Gasteiger partial charge in [0.25, 0.3) is 11.4 Å². The first-order valence-electron chi connectivity index (χ1n) is 5.78. The van der Waals surface area contributed by atoms with Crippen LogP contribution in [0.5, 0.6) is 5.75 Å². The van der Waals surface area contributed by atoms with Crippen LogP contribution in [0.15, 0.2) is 42.5 Å². The topological polar surface area (TPSA) is 95.5 Å². The summed E-state index contributed by atoms with van der Waals surface area (Å²) < 4.78 is 18.8. The van der Waals surface area contributed by atoms with Crippen molar-refractivity contribution in [3.05, 3.63) is 74.1 Å². The Morgan fingerprint density at radius 1 is 1.05 bits per heavy atom. The molecule has 8 heteroatoms. The molecule has 0 N–H and O–H groups in total. The number of nitro benzene ring substituents is 2. The van der Waals surface area contributed by atoms with Crippen LogP contribution in [0.1, 0.15) is 5.56 Å². The summed E-state index contributed by atoms with van der Waals surface area (Å²) in [7, 11) is 0. The molecule has 2 aromatic rings. The number of nitro groups is 2. The highest BCUT2D eigenvalue weighted by molar-refractivity contribution is 5.41. The molecule has 0 aliphatic rings. The Morgan fingerprint density at radius 3 is 2.38 bits per heavy atom. The Morgan fingerprint density at radius 2 is 1.76 bits per heavy atom. The monoisotopic (exact) mass is 292 g/mol. The Labute approximate surface area is 117 Å². The Bertz CT molecular complexity index is 705. The zero-order valence-electron chi connectivity index (χ0n) is 10.6. The molecule has 2 aromatic carbocycles. The second-order valence-electron chi connectivity index (χ2n) is 4.05. The van der Waals surface area contributed by atoms with Gasteiger partial charge in [0.1, 0.15) is 6.61 Å². The molecule has 0 atom stereocenters. The number of non-ortho nitro benzene ring substituents is 1. The summed E-state index contributed by atoms with van der Waals surface area (Å²) in [6.45, 7) is -0.216. The van der Waals surface area contributed by atoms with Crippen molar-refractivity contribution in [3.8, 4) is 5.75 Å². The van der Waals surface area contributed by atoms with Crippen LogP contribution in [0.4, 0.5) is 15.8 Å². The minimum absolute atomic E-state index is 0.139. The molecule has 0 saturated heterocycles. The van der Waals surface area contributed by atoms with Crippen LogP contribution >= 0.6 is 0 Å². The quantitative estimate of drug-likeness (QED) is 0.622. The van der Waals surface area contributed by atoms with Crippen molar-refractivity contribution < 1.29 is 19.0 Å². The van der Waals surface area contributed by atoms with E-state index in [0.717, 1.165) is 18.2 Å². The first-order chi connectivity index (χ1) is 9.99. The summed E-state index contributed by atoms with van der Waals surface area (Å²) in [5.41, 5.74) is -0.259. The largest absolute Gasteiger partial charge is 0.486 e. The average molecular weight is 292 g/mol. The van der Waals surface area contributed by atoms with Crippen molar-refractivity contribution in [3.63, 3.8) is 0 Å². The van der Waals surface area contributed by atoms with E-state index in [2.05, 4.69) is 0 Å². The lowest BCUT2D eigenvalue weighted by molar-refractivity contribution is -0.385. The van der Waals surface area contributed by atoms with E-state index in [4.69, 9.17) is 4.74 Å². The Hall–Kier alpha value is -3.03. The third kappa shape index (κ3) is 3.30. The fourth-order valence-electron chi connectivity index (χ4n) is 1.69. The summed E-state index contributed by atoms with van der Waals surface area (Å²) in [6, 6.07) is 8.84. The molecule has 0 unspecified atom stereocenters. The van der Waals surface area contributed by atoms with Crippen LogP contribution in [-0.4, -0.2) is 9.85 Å². The molecule has 0 bridgehead atoms. The number of hydrogen-bond acceptors (Lipinski definition) is 5. The van der Waals surface area contributed by atoms with Gasteiger partial charge in [-0.15, -0.1) is 0 Å². The van der Waals surface area contributed by atoms with E-state index in [9.17, 15) is 24.6 Å². The smallest absolute Gasteiger partial charge is 0.276 e. The van der Waals surface area contributed by atoms with Crippen LogP contribution in [0.2, 0.25) is 0 Å². The maximum atomic E-state index is 13.6. The summed E-state index contributed by atoms with van der Waals surface area (Å²) in [5.74, 6) is -1.11. The van der Waals surface area contributed by atoms with Gasteiger partial charge in [0.2, 0.25) is 0 Å². The van der Waals surface area contributed by atoms with Crippen LogP contribution in [0.25, 0.3) is 0 Å². The highest BCUT2D eigenvalue weighted by Gasteiger charge is 2.15. The fourth-order valence-corrected chi connectivity index (χ4v) is 1.69. The molecule has 0 fully saturated rings. The van der Waals surface area contributed by atoms with Crippen molar-refractivity contribution in [2.45, 2.75) is 6.61 Å². The van der Waals surface area contributed by atoms with E-state index >= 15 is 0 Å². The van der Waals surface area contributed by atoms with Crippen LogP contribution in [-0.2, 0) is 6.61 Å². The molecule has 0 aromatic heterocycles. The van der Waals surface area contributed by atoms with Gasteiger partial charge in [-0.3, -0.25) is 20.2 Å². The van der Waals surface area contributed by atoms with Gasteiger partial charge in [-0.1, -0.05) is 12.1 Å². The van der Waals surface area contributed by atoms with E-state index in [1.54, 1.807) is 6.07 Å². The summed E-state index contributed by atoms with van der Waals surface area (Å²) in [6.07, 6.45) is 0. The number of ether oxygens (including phenoxy) is 1. The van der Waals surface area contributed by atoms with Gasteiger partial charge < -0.3 is 4.74 Å². The van der Waals surface area contributed by atoms with Crippen molar-refractivity contribution in [1.29, 1.82) is 0 Å². The van der Waals surface area contributed by atoms with Gasteiger partial charge in [-0.2, -0.15) is 0 Å². The third-order valence-corrected chi connectivity index (χ3v) is 2.70. The van der Waals surface area contributed by atoms with Crippen LogP contribution in [0, 0.1) is 26.0 Å². The van der Waals surface area contributed by atoms with E-state index in [-0.39, 0.29) is 23.6 Å². The van der Waals surface area contributed by atoms with Gasteiger partial charge in [-0.05, 0) is 12.1 Å². The summed E-state index contributed by atoms with van der Waals surface area (Å²) in [5, 5.41) is 21.3. The highest BCUT2D eigenvalue weighted by Crippen LogP contribution is 2.25. The first kappa shape index (κ1) is 14.4. The third-order valence-electron chi connectivity index (χ3n) is 2.70. The Balaban J connectivity index is 2.17. The number of benzene rings is 2. The summed E-state index contributed by atoms with van der Waals surface area (Å²) >= 11 is 0. The zero-order valence-corrected chi connectivity index (χ0v) is 10.6. The Kier molecular flexibility index (Phi) is 4.07. The standard InChI is InChI=1S/C13H9FN2O5/c14-11-7-10(15(17)18)5-6-13(11)21-8-9-3-1-2-4-12(9)16(19)20/h1-7H,8H2. The van der Waals surface area contributed by atoms with Gasteiger partial charge >= 0.3 is 0 Å². The average Bonchev–Trinajstić information content (AvgIpc) is 2.46. The van der Waals surface area contributed by atoms with E-state index in [1.807, 2.05) is 0 Å². The molecule has 0 amide bonds. The SMILES string of the molecule is O=[N+]([O-])c1ccc(OCc2ccccc2[N+](=O)[O-])c(F)c1. The van der Waals surface area contributed by atoms with Crippen LogP contribution in [0.3, 0.4) is 0 Å². The molecular formula is C13H9FN2O5.